The van der Waals surface area contributed by atoms with Crippen LogP contribution in [0.2, 0.25) is 0 Å². The number of unbranched alkanes of at least 4 members (excludes halogenated alkanes) is 1. The minimum absolute atomic E-state index is 0.0580. The minimum atomic E-state index is -3.59. The van der Waals surface area contributed by atoms with Gasteiger partial charge in [0.1, 0.15) is 4.88 Å². The molecule has 0 amide bonds. The molecule has 1 aromatic rings. The number of sulfonamides is 1. The van der Waals surface area contributed by atoms with E-state index in [2.05, 4.69) is 0 Å². The molecule has 1 rings (SSSR count). The van der Waals surface area contributed by atoms with Crippen LogP contribution in [0, 0.1) is 6.92 Å². The van der Waals surface area contributed by atoms with E-state index in [0.29, 0.717) is 18.0 Å². The second-order valence-electron chi connectivity index (χ2n) is 4.19. The summed E-state index contributed by atoms with van der Waals surface area (Å²) in [6.45, 7) is 6.27. The smallest absolute Gasteiger partial charge is 0.345 e. The van der Waals surface area contributed by atoms with E-state index in [4.69, 9.17) is 5.11 Å². The summed E-state index contributed by atoms with van der Waals surface area (Å²) in [5.41, 5.74) is 0. The molecule has 0 atom stereocenters. The predicted molar refractivity (Wildman–Crippen MR) is 75.4 cm³/mol. The molecule has 0 aliphatic rings. The summed E-state index contributed by atoms with van der Waals surface area (Å²) < 4.78 is 26.3. The quantitative estimate of drug-likeness (QED) is 0.840. The second-order valence-corrected chi connectivity index (χ2v) is 7.35. The molecule has 7 heteroatoms. The highest BCUT2D eigenvalue weighted by atomic mass is 32.2. The Morgan fingerprint density at radius 1 is 1.42 bits per heavy atom. The van der Waals surface area contributed by atoms with Gasteiger partial charge in [0.15, 0.2) is 0 Å². The zero-order valence-electron chi connectivity index (χ0n) is 11.3. The molecule has 1 aromatic heterocycles. The minimum Gasteiger partial charge on any atom is -0.477 e. The first-order valence-corrected chi connectivity index (χ1v) is 8.44. The second kappa shape index (κ2) is 6.49. The third kappa shape index (κ3) is 3.55. The molecule has 0 unspecified atom stereocenters. The number of hydrogen-bond acceptors (Lipinski definition) is 4. The molecule has 0 saturated heterocycles. The first-order valence-electron chi connectivity index (χ1n) is 6.18. The SMILES string of the molecule is CCCCN(CC)S(=O)(=O)c1cc(C(=O)O)sc1C. The molecule has 108 valence electrons. The van der Waals surface area contributed by atoms with Gasteiger partial charge >= 0.3 is 5.97 Å². The van der Waals surface area contributed by atoms with Crippen LogP contribution in [0.3, 0.4) is 0 Å². The van der Waals surface area contributed by atoms with Gasteiger partial charge in [0.05, 0.1) is 4.90 Å². The number of aryl methyl sites for hydroxylation is 1. The van der Waals surface area contributed by atoms with Gasteiger partial charge in [-0.25, -0.2) is 13.2 Å². The average molecular weight is 305 g/mol. The highest BCUT2D eigenvalue weighted by molar-refractivity contribution is 7.89. The van der Waals surface area contributed by atoms with Crippen molar-refractivity contribution in [3.05, 3.63) is 15.8 Å². The Hall–Kier alpha value is -0.920. The largest absolute Gasteiger partial charge is 0.477 e. The molecular formula is C12H19NO4S2. The number of nitrogens with zero attached hydrogens (tertiary/aromatic N) is 1. The average Bonchev–Trinajstić information content (AvgIpc) is 2.73. The van der Waals surface area contributed by atoms with Crippen LogP contribution in [0.4, 0.5) is 0 Å². The van der Waals surface area contributed by atoms with Crippen LogP contribution in [0.1, 0.15) is 41.2 Å². The number of aromatic carboxylic acids is 1. The van der Waals surface area contributed by atoms with Crippen molar-refractivity contribution in [1.82, 2.24) is 4.31 Å². The number of rotatable bonds is 7. The number of carboxylic acid groups (broad SMARTS) is 1. The molecule has 0 spiro atoms. The van der Waals surface area contributed by atoms with Crippen molar-refractivity contribution >= 4 is 27.3 Å². The van der Waals surface area contributed by atoms with Crippen molar-refractivity contribution in [1.29, 1.82) is 0 Å². The van der Waals surface area contributed by atoms with Gasteiger partial charge in [0.2, 0.25) is 10.0 Å². The molecule has 19 heavy (non-hydrogen) atoms. The van der Waals surface area contributed by atoms with E-state index in [1.807, 2.05) is 6.92 Å². The molecule has 0 aromatic carbocycles. The Morgan fingerprint density at radius 2 is 2.05 bits per heavy atom. The van der Waals surface area contributed by atoms with E-state index in [9.17, 15) is 13.2 Å². The molecular weight excluding hydrogens is 286 g/mol. The van der Waals surface area contributed by atoms with E-state index in [1.165, 1.54) is 10.4 Å². The number of carboxylic acids is 1. The maximum Gasteiger partial charge on any atom is 0.345 e. The van der Waals surface area contributed by atoms with Crippen molar-refractivity contribution in [2.45, 2.75) is 38.5 Å². The van der Waals surface area contributed by atoms with E-state index in [-0.39, 0.29) is 9.77 Å². The van der Waals surface area contributed by atoms with E-state index < -0.39 is 16.0 Å². The van der Waals surface area contributed by atoms with Gasteiger partial charge in [-0.2, -0.15) is 4.31 Å². The van der Waals surface area contributed by atoms with E-state index >= 15 is 0 Å². The van der Waals surface area contributed by atoms with Gasteiger partial charge in [0, 0.05) is 18.0 Å². The predicted octanol–water partition coefficient (Wildman–Crippen LogP) is 2.57. The van der Waals surface area contributed by atoms with Gasteiger partial charge in [0.25, 0.3) is 0 Å². The molecule has 0 aliphatic heterocycles. The molecule has 0 radical (unpaired) electrons. The lowest BCUT2D eigenvalue weighted by Crippen LogP contribution is -2.32. The highest BCUT2D eigenvalue weighted by Crippen LogP contribution is 2.28. The first kappa shape index (κ1) is 16.1. The van der Waals surface area contributed by atoms with Crippen molar-refractivity contribution in [3.63, 3.8) is 0 Å². The fourth-order valence-corrected chi connectivity index (χ4v) is 4.64. The van der Waals surface area contributed by atoms with Gasteiger partial charge in [-0.15, -0.1) is 11.3 Å². The number of carbonyl (C=O) groups is 1. The molecule has 1 N–H and O–H groups in total. The normalized spacial score (nSPS) is 12.0. The first-order chi connectivity index (χ1) is 8.84. The van der Waals surface area contributed by atoms with Crippen molar-refractivity contribution in [2.75, 3.05) is 13.1 Å². The maximum atomic E-state index is 12.5. The Bertz CT molecular complexity index is 548. The molecule has 0 bridgehead atoms. The van der Waals surface area contributed by atoms with Crippen molar-refractivity contribution in [2.24, 2.45) is 0 Å². The van der Waals surface area contributed by atoms with Gasteiger partial charge in [-0.1, -0.05) is 20.3 Å². The molecule has 0 aliphatic carbocycles. The summed E-state index contributed by atoms with van der Waals surface area (Å²) in [5, 5.41) is 8.93. The lowest BCUT2D eigenvalue weighted by molar-refractivity contribution is 0.0702. The zero-order valence-corrected chi connectivity index (χ0v) is 13.0. The molecule has 1 heterocycles. The summed E-state index contributed by atoms with van der Waals surface area (Å²) in [6.07, 6.45) is 1.71. The van der Waals surface area contributed by atoms with Crippen LogP contribution in [-0.4, -0.2) is 36.9 Å². The lowest BCUT2D eigenvalue weighted by Gasteiger charge is -2.19. The third-order valence-corrected chi connectivity index (χ3v) is 6.08. The van der Waals surface area contributed by atoms with Crippen LogP contribution >= 0.6 is 11.3 Å². The Morgan fingerprint density at radius 3 is 2.47 bits per heavy atom. The van der Waals surface area contributed by atoms with Crippen LogP contribution < -0.4 is 0 Å². The standard InChI is InChI=1S/C12H19NO4S2/c1-4-6-7-13(5-2)19(16,17)11-8-10(12(14)15)18-9(11)3/h8H,4-7H2,1-3H3,(H,14,15). The Balaban J connectivity index is 3.14. The van der Waals surface area contributed by atoms with Gasteiger partial charge in [-0.05, 0) is 19.4 Å². The van der Waals surface area contributed by atoms with Crippen LogP contribution in [0.15, 0.2) is 11.0 Å². The number of hydrogen-bond donors (Lipinski definition) is 1. The summed E-state index contributed by atoms with van der Waals surface area (Å²) in [6, 6.07) is 1.26. The topological polar surface area (TPSA) is 74.7 Å². The molecule has 0 fully saturated rings. The third-order valence-electron chi connectivity index (χ3n) is 2.81. The van der Waals surface area contributed by atoms with Crippen LogP contribution in [-0.2, 0) is 10.0 Å². The fraction of sp³-hybridized carbons (Fsp3) is 0.583. The van der Waals surface area contributed by atoms with Crippen molar-refractivity contribution < 1.29 is 18.3 Å². The maximum absolute atomic E-state index is 12.5. The van der Waals surface area contributed by atoms with Crippen LogP contribution in [0.25, 0.3) is 0 Å². The number of thiophene rings is 1. The van der Waals surface area contributed by atoms with Crippen LogP contribution in [0.5, 0.6) is 0 Å². The Labute approximate surface area is 117 Å². The summed E-state index contributed by atoms with van der Waals surface area (Å²) >= 11 is 0.996. The summed E-state index contributed by atoms with van der Waals surface area (Å²) in [7, 11) is -3.59. The van der Waals surface area contributed by atoms with Gasteiger partial charge < -0.3 is 5.11 Å². The summed E-state index contributed by atoms with van der Waals surface area (Å²) in [5.74, 6) is -1.09. The van der Waals surface area contributed by atoms with Gasteiger partial charge in [-0.3, -0.25) is 0 Å². The fourth-order valence-electron chi connectivity index (χ4n) is 1.75. The lowest BCUT2D eigenvalue weighted by atomic mass is 10.3. The zero-order chi connectivity index (χ0) is 14.6. The highest BCUT2D eigenvalue weighted by Gasteiger charge is 2.27. The van der Waals surface area contributed by atoms with Crippen molar-refractivity contribution in [3.8, 4) is 0 Å². The van der Waals surface area contributed by atoms with E-state index in [0.717, 1.165) is 24.2 Å². The molecule has 5 nitrogen and oxygen atoms in total. The summed E-state index contributed by atoms with van der Waals surface area (Å²) in [4.78, 5) is 11.6. The Kier molecular flexibility index (Phi) is 5.51. The monoisotopic (exact) mass is 305 g/mol. The van der Waals surface area contributed by atoms with E-state index in [1.54, 1.807) is 13.8 Å². The molecule has 0 saturated carbocycles.